The Bertz CT molecular complexity index is 368. The fourth-order valence-corrected chi connectivity index (χ4v) is 2.50. The van der Waals surface area contributed by atoms with Gasteiger partial charge in [-0.25, -0.2) is 0 Å². The van der Waals surface area contributed by atoms with E-state index in [1.807, 2.05) is 24.3 Å². The Morgan fingerprint density at radius 2 is 2.15 bits per heavy atom. The molecule has 1 aromatic rings. The van der Waals surface area contributed by atoms with Gasteiger partial charge in [0.2, 0.25) is 0 Å². The van der Waals surface area contributed by atoms with Crippen LogP contribution < -0.4 is 4.74 Å². The van der Waals surface area contributed by atoms with Crippen LogP contribution in [0.4, 0.5) is 0 Å². The van der Waals surface area contributed by atoms with Crippen LogP contribution in [-0.2, 0) is 4.74 Å². The van der Waals surface area contributed by atoms with Crippen molar-refractivity contribution in [2.75, 3.05) is 13.2 Å². The Morgan fingerprint density at radius 1 is 1.35 bits per heavy atom. The molecule has 0 bridgehead atoms. The largest absolute Gasteiger partial charge is 0.494 e. The van der Waals surface area contributed by atoms with Gasteiger partial charge in [0.05, 0.1) is 18.8 Å². The van der Waals surface area contributed by atoms with Crippen LogP contribution in [0.2, 0.25) is 0 Å². The van der Waals surface area contributed by atoms with Crippen molar-refractivity contribution in [3.63, 3.8) is 0 Å². The quantitative estimate of drug-likeness (QED) is 0.734. The zero-order chi connectivity index (χ0) is 14.2. The summed E-state index contributed by atoms with van der Waals surface area (Å²) in [6, 6.07) is 7.81. The molecule has 2 atom stereocenters. The molecule has 1 heterocycles. The summed E-state index contributed by atoms with van der Waals surface area (Å²) in [6.07, 6.45) is 6.16. The highest BCUT2D eigenvalue weighted by Gasteiger charge is 2.17. The van der Waals surface area contributed by atoms with Crippen molar-refractivity contribution < 1.29 is 14.6 Å². The van der Waals surface area contributed by atoms with Crippen molar-refractivity contribution in [2.45, 2.75) is 57.7 Å². The van der Waals surface area contributed by atoms with Crippen LogP contribution >= 0.6 is 0 Å². The van der Waals surface area contributed by atoms with E-state index in [9.17, 15) is 5.11 Å². The van der Waals surface area contributed by atoms with Gasteiger partial charge >= 0.3 is 0 Å². The lowest BCUT2D eigenvalue weighted by Gasteiger charge is -2.14. The molecule has 20 heavy (non-hydrogen) atoms. The van der Waals surface area contributed by atoms with Gasteiger partial charge in [0.25, 0.3) is 0 Å². The van der Waals surface area contributed by atoms with Crippen LogP contribution in [0, 0.1) is 0 Å². The molecule has 1 fully saturated rings. The molecular weight excluding hydrogens is 252 g/mol. The fraction of sp³-hybridized carbons (Fsp3) is 0.647. The fourth-order valence-electron chi connectivity index (χ4n) is 2.50. The number of aliphatic hydroxyl groups excluding tert-OH is 1. The molecule has 0 amide bonds. The summed E-state index contributed by atoms with van der Waals surface area (Å²) < 4.78 is 11.2. The maximum atomic E-state index is 10.2. The Morgan fingerprint density at radius 3 is 2.80 bits per heavy atom. The molecule has 112 valence electrons. The van der Waals surface area contributed by atoms with Gasteiger partial charge in [-0.1, -0.05) is 25.5 Å². The summed E-state index contributed by atoms with van der Waals surface area (Å²) >= 11 is 0. The van der Waals surface area contributed by atoms with E-state index >= 15 is 0 Å². The molecule has 0 aliphatic carbocycles. The highest BCUT2D eigenvalue weighted by molar-refractivity contribution is 5.28. The Labute approximate surface area is 121 Å². The van der Waals surface area contributed by atoms with Gasteiger partial charge in [-0.2, -0.15) is 0 Å². The van der Waals surface area contributed by atoms with Gasteiger partial charge in [0.15, 0.2) is 0 Å². The number of benzene rings is 1. The smallest absolute Gasteiger partial charge is 0.119 e. The third kappa shape index (κ3) is 4.80. The van der Waals surface area contributed by atoms with Gasteiger partial charge in [-0.3, -0.25) is 0 Å². The molecule has 3 heteroatoms. The predicted octanol–water partition coefficient (Wildman–Crippen LogP) is 3.86. The van der Waals surface area contributed by atoms with Gasteiger partial charge in [0, 0.05) is 6.61 Å². The lowest BCUT2D eigenvalue weighted by Crippen LogP contribution is -2.08. The van der Waals surface area contributed by atoms with Crippen molar-refractivity contribution >= 4 is 0 Å². The first-order valence-corrected chi connectivity index (χ1v) is 7.82. The topological polar surface area (TPSA) is 38.7 Å². The highest BCUT2D eigenvalue weighted by atomic mass is 16.5. The summed E-state index contributed by atoms with van der Waals surface area (Å²) in [5, 5.41) is 10.2. The number of hydrogen-bond acceptors (Lipinski definition) is 3. The minimum Gasteiger partial charge on any atom is -0.494 e. The lowest BCUT2D eigenvalue weighted by molar-refractivity contribution is 0.0812. The van der Waals surface area contributed by atoms with E-state index in [0.717, 1.165) is 63.1 Å². The van der Waals surface area contributed by atoms with E-state index < -0.39 is 6.10 Å². The summed E-state index contributed by atoms with van der Waals surface area (Å²) in [7, 11) is 0. The maximum absolute atomic E-state index is 10.2. The number of hydrogen-bond donors (Lipinski definition) is 1. The minimum atomic E-state index is -0.399. The second kappa shape index (κ2) is 8.28. The van der Waals surface area contributed by atoms with Gasteiger partial charge in [0.1, 0.15) is 5.75 Å². The third-order valence-electron chi connectivity index (χ3n) is 3.82. The van der Waals surface area contributed by atoms with E-state index in [2.05, 4.69) is 6.92 Å². The molecule has 1 aromatic carbocycles. The highest BCUT2D eigenvalue weighted by Crippen LogP contribution is 2.25. The van der Waals surface area contributed by atoms with Crippen LogP contribution in [0.5, 0.6) is 5.75 Å². The van der Waals surface area contributed by atoms with Crippen molar-refractivity contribution in [1.82, 2.24) is 0 Å². The average molecular weight is 278 g/mol. The third-order valence-corrected chi connectivity index (χ3v) is 3.82. The number of ether oxygens (including phenoxy) is 2. The first kappa shape index (κ1) is 15.3. The SMILES string of the molecule is CCCCOc1ccc(C(O)CCC2CCCO2)cc1. The summed E-state index contributed by atoms with van der Waals surface area (Å²) in [5.41, 5.74) is 0.964. The second-order valence-electron chi connectivity index (χ2n) is 5.50. The van der Waals surface area contributed by atoms with Crippen molar-refractivity contribution in [3.05, 3.63) is 29.8 Å². The Balaban J connectivity index is 1.75. The van der Waals surface area contributed by atoms with E-state index in [1.165, 1.54) is 0 Å². The molecule has 0 saturated carbocycles. The molecule has 3 nitrogen and oxygen atoms in total. The average Bonchev–Trinajstić information content (AvgIpc) is 2.99. The summed E-state index contributed by atoms with van der Waals surface area (Å²) in [4.78, 5) is 0. The first-order chi connectivity index (χ1) is 9.79. The number of unbranched alkanes of at least 4 members (excludes halogenated alkanes) is 1. The van der Waals surface area contributed by atoms with Crippen LogP contribution in [0.15, 0.2) is 24.3 Å². The van der Waals surface area contributed by atoms with Crippen LogP contribution in [0.3, 0.4) is 0 Å². The minimum absolute atomic E-state index is 0.348. The number of aliphatic hydroxyl groups is 1. The molecule has 1 saturated heterocycles. The van der Waals surface area contributed by atoms with Crippen LogP contribution in [0.25, 0.3) is 0 Å². The molecule has 0 aromatic heterocycles. The molecule has 2 unspecified atom stereocenters. The van der Waals surface area contributed by atoms with E-state index in [1.54, 1.807) is 0 Å². The van der Waals surface area contributed by atoms with Crippen molar-refractivity contribution in [3.8, 4) is 5.75 Å². The number of rotatable bonds is 8. The van der Waals surface area contributed by atoms with E-state index in [0.29, 0.717) is 6.10 Å². The Hall–Kier alpha value is -1.06. The lowest BCUT2D eigenvalue weighted by atomic mass is 10.0. The standard InChI is InChI=1S/C17H26O3/c1-2-3-12-19-16-8-6-14(7-9-16)17(18)11-10-15-5-4-13-20-15/h6-9,15,17-18H,2-5,10-13H2,1H3. The zero-order valence-corrected chi connectivity index (χ0v) is 12.4. The normalized spacial score (nSPS) is 20.0. The van der Waals surface area contributed by atoms with Crippen LogP contribution in [-0.4, -0.2) is 24.4 Å². The molecule has 0 spiro atoms. The molecular formula is C17H26O3. The van der Waals surface area contributed by atoms with Gasteiger partial charge < -0.3 is 14.6 Å². The van der Waals surface area contributed by atoms with E-state index in [4.69, 9.17) is 9.47 Å². The Kier molecular flexibility index (Phi) is 6.34. The monoisotopic (exact) mass is 278 g/mol. The van der Waals surface area contributed by atoms with Crippen molar-refractivity contribution in [1.29, 1.82) is 0 Å². The van der Waals surface area contributed by atoms with Crippen molar-refractivity contribution in [2.24, 2.45) is 0 Å². The second-order valence-corrected chi connectivity index (χ2v) is 5.50. The molecule has 2 rings (SSSR count). The van der Waals surface area contributed by atoms with Gasteiger partial charge in [-0.05, 0) is 49.8 Å². The molecule has 1 N–H and O–H groups in total. The zero-order valence-electron chi connectivity index (χ0n) is 12.4. The molecule has 1 aliphatic rings. The molecule has 0 radical (unpaired) electrons. The van der Waals surface area contributed by atoms with Gasteiger partial charge in [-0.15, -0.1) is 0 Å². The van der Waals surface area contributed by atoms with Crippen LogP contribution in [0.1, 0.15) is 57.1 Å². The predicted molar refractivity (Wildman–Crippen MR) is 80.0 cm³/mol. The summed E-state index contributed by atoms with van der Waals surface area (Å²) in [6.45, 7) is 3.79. The molecule has 1 aliphatic heterocycles. The summed E-state index contributed by atoms with van der Waals surface area (Å²) in [5.74, 6) is 0.883. The van der Waals surface area contributed by atoms with E-state index in [-0.39, 0.29) is 0 Å². The first-order valence-electron chi connectivity index (χ1n) is 7.82. The maximum Gasteiger partial charge on any atom is 0.119 e.